The molecule has 2 aliphatic rings. The molecule has 1 aliphatic carbocycles. The molecule has 1 amide bonds. The molecule has 0 bridgehead atoms. The molecule has 0 saturated heterocycles. The molecule has 1 fully saturated rings. The maximum atomic E-state index is 13.3. The van der Waals surface area contributed by atoms with E-state index in [4.69, 9.17) is 0 Å². The molecule has 2 atom stereocenters. The summed E-state index contributed by atoms with van der Waals surface area (Å²) in [6, 6.07) is 8.64. The Morgan fingerprint density at radius 2 is 2.03 bits per heavy atom. The van der Waals surface area contributed by atoms with Gasteiger partial charge in [-0.1, -0.05) is 0 Å². The average Bonchev–Trinajstić information content (AvgIpc) is 3.30. The standard InChI is InChI=1S/C21H21FN4O3S/c1-12-7-14(30(4,28)29)5-6-18(12)26(3)13-8-17(24-21(27)15-10-16(15)22)20-19(9-13)25(2)11-23-20/h5-9,15-16H,10H2,1-4H3/p+1/t15-,16+/m0/s1. The van der Waals surface area contributed by atoms with E-state index in [1.165, 1.54) is 6.26 Å². The number of hydrogen-bond acceptors (Lipinski definition) is 6. The predicted octanol–water partition coefficient (Wildman–Crippen LogP) is 3.45. The zero-order valence-electron chi connectivity index (χ0n) is 17.1. The normalized spacial score (nSPS) is 19.3. The highest BCUT2D eigenvalue weighted by Gasteiger charge is 2.44. The highest BCUT2D eigenvalue weighted by molar-refractivity contribution is 7.90. The molecular formula is C21H22FN4O3S+. The molecule has 1 N–H and O–H groups in total. The summed E-state index contributed by atoms with van der Waals surface area (Å²) in [4.78, 5) is 20.4. The number of carbonyl (C=O) groups is 1. The Morgan fingerprint density at radius 3 is 2.63 bits per heavy atom. The number of nitrogens with one attached hydrogen (secondary N) is 1. The number of alkyl halides is 1. The van der Waals surface area contributed by atoms with Crippen molar-refractivity contribution >= 4 is 50.5 Å². The second-order valence-corrected chi connectivity index (χ2v) is 9.77. The van der Waals surface area contributed by atoms with Crippen LogP contribution < -0.4 is 15.1 Å². The van der Waals surface area contributed by atoms with E-state index in [2.05, 4.69) is 16.6 Å². The van der Waals surface area contributed by atoms with E-state index >= 15 is 0 Å². The monoisotopic (exact) mass is 429 g/mol. The highest BCUT2D eigenvalue weighted by atomic mass is 32.2. The summed E-state index contributed by atoms with van der Waals surface area (Å²) >= 11 is 0. The van der Waals surface area contributed by atoms with Crippen LogP contribution in [0.3, 0.4) is 0 Å². The van der Waals surface area contributed by atoms with Gasteiger partial charge in [-0.05, 0) is 42.1 Å². The number of amides is 1. The Morgan fingerprint density at radius 1 is 1.33 bits per heavy atom. The molecule has 156 valence electrons. The molecular weight excluding hydrogens is 407 g/mol. The summed E-state index contributed by atoms with van der Waals surface area (Å²) < 4.78 is 37.0. The fraction of sp³-hybridized carbons (Fsp3) is 0.333. The van der Waals surface area contributed by atoms with Crippen LogP contribution in [0.5, 0.6) is 0 Å². The first kappa shape index (κ1) is 20.3. The van der Waals surface area contributed by atoms with Gasteiger partial charge in [-0.3, -0.25) is 4.79 Å². The third kappa shape index (κ3) is 3.62. The van der Waals surface area contributed by atoms with Crippen LogP contribution in [0.2, 0.25) is 0 Å². The van der Waals surface area contributed by atoms with Gasteiger partial charge < -0.3 is 10.2 Å². The van der Waals surface area contributed by atoms with Crippen molar-refractivity contribution in [3.05, 3.63) is 35.9 Å². The van der Waals surface area contributed by atoms with Crippen molar-refractivity contribution in [3.63, 3.8) is 0 Å². The molecule has 4 rings (SSSR count). The number of hydrogen-bond donors (Lipinski definition) is 1. The number of nitrogens with zero attached hydrogens (tertiary/aromatic N) is 3. The van der Waals surface area contributed by atoms with Crippen LogP contribution in [-0.2, 0) is 14.6 Å². The minimum Gasteiger partial charge on any atom is -0.343 e. The van der Waals surface area contributed by atoms with E-state index < -0.39 is 21.9 Å². The molecule has 7 nitrogen and oxygen atoms in total. The zero-order chi connectivity index (χ0) is 21.8. The van der Waals surface area contributed by atoms with Gasteiger partial charge in [0.25, 0.3) is 12.0 Å². The molecule has 9 heteroatoms. The number of benzene rings is 2. The van der Waals surface area contributed by atoms with Gasteiger partial charge in [0.05, 0.1) is 29.6 Å². The van der Waals surface area contributed by atoms with E-state index in [0.717, 1.165) is 22.6 Å². The lowest BCUT2D eigenvalue weighted by Crippen LogP contribution is -2.17. The largest absolute Gasteiger partial charge is 0.343 e. The summed E-state index contributed by atoms with van der Waals surface area (Å²) in [6.45, 7) is 1.84. The second kappa shape index (κ2) is 7.04. The Balaban J connectivity index is 1.71. The smallest absolute Gasteiger partial charge is 0.271 e. The third-order valence-electron chi connectivity index (χ3n) is 5.40. The van der Waals surface area contributed by atoms with Gasteiger partial charge in [-0.15, -0.1) is 0 Å². The van der Waals surface area contributed by atoms with Crippen molar-refractivity contribution in [1.82, 2.24) is 0 Å². The lowest BCUT2D eigenvalue weighted by molar-refractivity contribution is -0.117. The number of fused-ring (bicyclic) bond motifs is 1. The van der Waals surface area contributed by atoms with Gasteiger partial charge in [0.15, 0.2) is 9.84 Å². The topological polar surface area (TPSA) is 82.1 Å². The Labute approximate surface area is 175 Å². The number of sulfone groups is 1. The number of halogens is 1. The SMILES string of the molecule is Cc1cc(S(C)(=O)=O)ccc1N(C)c1cc(NC(=O)[C@H]2C[C@H]2F)c2c(c1)N(C)[C+]=N2. The molecule has 2 aromatic carbocycles. The first-order valence-corrected chi connectivity index (χ1v) is 11.3. The molecule has 0 aromatic heterocycles. The van der Waals surface area contributed by atoms with E-state index in [0.29, 0.717) is 11.4 Å². The second-order valence-electron chi connectivity index (χ2n) is 7.76. The van der Waals surface area contributed by atoms with Crippen molar-refractivity contribution in [2.45, 2.75) is 24.4 Å². The Bertz CT molecular complexity index is 1180. The van der Waals surface area contributed by atoms with Crippen LogP contribution >= 0.6 is 0 Å². The van der Waals surface area contributed by atoms with Crippen LogP contribution in [0.25, 0.3) is 0 Å². The third-order valence-corrected chi connectivity index (χ3v) is 6.51. The molecule has 0 unspecified atom stereocenters. The molecule has 1 aliphatic heterocycles. The van der Waals surface area contributed by atoms with Crippen molar-refractivity contribution in [2.75, 3.05) is 35.5 Å². The molecule has 1 saturated carbocycles. The number of aryl methyl sites for hydroxylation is 1. The Hall–Kier alpha value is -3.03. The van der Waals surface area contributed by atoms with Gasteiger partial charge in [0, 0.05) is 25.1 Å². The van der Waals surface area contributed by atoms with E-state index in [-0.39, 0.29) is 17.2 Å². The summed E-state index contributed by atoms with van der Waals surface area (Å²) in [7, 11) is 0.357. The lowest BCUT2D eigenvalue weighted by Gasteiger charge is -2.22. The van der Waals surface area contributed by atoms with Gasteiger partial charge >= 0.3 is 0 Å². The Kier molecular flexibility index (Phi) is 4.75. The van der Waals surface area contributed by atoms with Crippen molar-refractivity contribution in [1.29, 1.82) is 0 Å². The number of anilines is 4. The van der Waals surface area contributed by atoms with Crippen molar-refractivity contribution < 1.29 is 17.6 Å². The van der Waals surface area contributed by atoms with Crippen LogP contribution in [0.15, 0.2) is 40.2 Å². The lowest BCUT2D eigenvalue weighted by atomic mass is 10.1. The highest BCUT2D eigenvalue weighted by Crippen LogP contribution is 2.44. The van der Waals surface area contributed by atoms with Gasteiger partial charge in [0.1, 0.15) is 11.9 Å². The summed E-state index contributed by atoms with van der Waals surface area (Å²) in [6.07, 6.45) is 3.18. The van der Waals surface area contributed by atoms with E-state index in [9.17, 15) is 17.6 Å². The molecule has 1 heterocycles. The first-order chi connectivity index (χ1) is 14.1. The van der Waals surface area contributed by atoms with Crippen LogP contribution in [-0.4, -0.2) is 47.2 Å². The van der Waals surface area contributed by atoms with Gasteiger partial charge in [0.2, 0.25) is 11.6 Å². The van der Waals surface area contributed by atoms with Gasteiger partial charge in [-0.2, -0.15) is 4.90 Å². The minimum absolute atomic E-state index is 0.245. The first-order valence-electron chi connectivity index (χ1n) is 9.44. The average molecular weight is 429 g/mol. The molecule has 2 aromatic rings. The fourth-order valence-corrected chi connectivity index (χ4v) is 4.19. The number of rotatable bonds is 5. The number of carbonyl (C=O) groups excluding carboxylic acids is 1. The zero-order valence-corrected chi connectivity index (χ0v) is 17.9. The maximum Gasteiger partial charge on any atom is 0.271 e. The summed E-state index contributed by atoms with van der Waals surface area (Å²) in [5.74, 6) is -0.970. The van der Waals surface area contributed by atoms with Crippen LogP contribution in [0, 0.1) is 12.8 Å². The summed E-state index contributed by atoms with van der Waals surface area (Å²) in [5.41, 5.74) is 4.19. The van der Waals surface area contributed by atoms with E-state index in [1.54, 1.807) is 36.2 Å². The van der Waals surface area contributed by atoms with Crippen LogP contribution in [0.1, 0.15) is 12.0 Å². The van der Waals surface area contributed by atoms with Crippen molar-refractivity contribution in [2.24, 2.45) is 10.9 Å². The fourth-order valence-electron chi connectivity index (χ4n) is 3.48. The van der Waals surface area contributed by atoms with E-state index in [1.807, 2.05) is 24.9 Å². The number of aliphatic imine (C=N–C) groups is 1. The molecule has 0 radical (unpaired) electrons. The molecule has 0 spiro atoms. The predicted molar refractivity (Wildman–Crippen MR) is 116 cm³/mol. The van der Waals surface area contributed by atoms with Crippen LogP contribution in [0.4, 0.5) is 32.8 Å². The van der Waals surface area contributed by atoms with Crippen molar-refractivity contribution in [3.8, 4) is 0 Å². The molecule has 30 heavy (non-hydrogen) atoms. The quantitative estimate of drug-likeness (QED) is 0.737. The minimum atomic E-state index is -3.30. The van der Waals surface area contributed by atoms with Gasteiger partial charge in [-0.25, -0.2) is 12.8 Å². The summed E-state index contributed by atoms with van der Waals surface area (Å²) in [5, 5.41) is 2.80. The maximum absolute atomic E-state index is 13.3.